The molecule has 0 heterocycles. The van der Waals surface area contributed by atoms with E-state index < -0.39 is 19.2 Å². The largest absolute Gasteiger partial charge is 0.389 e. The zero-order valence-corrected chi connectivity index (χ0v) is 14.3. The normalized spacial score (nSPS) is 12.9. The van der Waals surface area contributed by atoms with Gasteiger partial charge in [-0.25, -0.2) is 0 Å². The van der Waals surface area contributed by atoms with Crippen LogP contribution in [0, 0.1) is 0 Å². The van der Waals surface area contributed by atoms with Gasteiger partial charge in [0.15, 0.2) is 0 Å². The number of carbonyl (C=O) groups excluding carboxylic acids is 2. The summed E-state index contributed by atoms with van der Waals surface area (Å²) in [5.74, 6) is -1.31. The van der Waals surface area contributed by atoms with Crippen molar-refractivity contribution < 1.29 is 9.59 Å². The minimum absolute atomic E-state index is 0.454. The minimum Gasteiger partial charge on any atom is -0.389 e. The molecule has 0 spiro atoms. The number of nitrogens with one attached hydrogen (secondary N) is 2. The summed E-state index contributed by atoms with van der Waals surface area (Å²) >= 11 is 32.1. The summed E-state index contributed by atoms with van der Waals surface area (Å²) in [6.45, 7) is 0.909. The molecular weight excluding hydrogens is 393 g/mol. The Labute approximate surface area is 146 Å². The van der Waals surface area contributed by atoms with Crippen LogP contribution in [-0.2, 0) is 9.59 Å². The van der Waals surface area contributed by atoms with E-state index in [1.807, 2.05) is 0 Å². The molecule has 4 nitrogen and oxygen atoms in total. The van der Waals surface area contributed by atoms with Crippen molar-refractivity contribution in [2.45, 2.75) is 7.59 Å². The molecule has 0 rings (SSSR count). The van der Waals surface area contributed by atoms with Crippen molar-refractivity contribution in [3.8, 4) is 0 Å². The van der Waals surface area contributed by atoms with Crippen LogP contribution in [0.4, 0.5) is 0 Å². The fraction of sp³-hybridized carbons (Fsp3) is 0.400. The van der Waals surface area contributed by atoms with Gasteiger partial charge in [0.1, 0.15) is 0 Å². The lowest BCUT2D eigenvalue weighted by atomic mass is 10.4. The second kappa shape index (κ2) is 9.23. The van der Waals surface area contributed by atoms with Crippen molar-refractivity contribution >= 4 is 81.2 Å². The first kappa shape index (κ1) is 20.2. The van der Waals surface area contributed by atoms with Crippen LogP contribution in [0.2, 0.25) is 0 Å². The van der Waals surface area contributed by atoms with E-state index >= 15 is 0 Å². The molecule has 10 heteroatoms. The number of rotatable bonds is 7. The summed E-state index contributed by atoms with van der Waals surface area (Å²) in [6, 6.07) is 0. The fourth-order valence-corrected chi connectivity index (χ4v) is 1.15. The van der Waals surface area contributed by atoms with Crippen molar-refractivity contribution in [1.29, 1.82) is 0 Å². The van der Waals surface area contributed by atoms with Crippen LogP contribution in [0.15, 0.2) is 24.6 Å². The SMILES string of the molecule is O=C(C=CNCCNC=CC(=O)C(Cl)(Cl)Cl)C(Cl)(Cl)Cl. The van der Waals surface area contributed by atoms with Gasteiger partial charge in [0.25, 0.3) is 7.59 Å². The molecule has 0 bridgehead atoms. The minimum atomic E-state index is -1.96. The van der Waals surface area contributed by atoms with Crippen LogP contribution >= 0.6 is 69.6 Å². The van der Waals surface area contributed by atoms with E-state index in [2.05, 4.69) is 10.6 Å². The Hall–Kier alpha value is 0.160. The van der Waals surface area contributed by atoms with Crippen molar-refractivity contribution in [3.05, 3.63) is 24.6 Å². The van der Waals surface area contributed by atoms with E-state index in [1.165, 1.54) is 12.4 Å². The van der Waals surface area contributed by atoms with E-state index in [0.717, 1.165) is 12.2 Å². The smallest absolute Gasteiger partial charge is 0.252 e. The monoisotopic (exact) mass is 400 g/mol. The summed E-state index contributed by atoms with van der Waals surface area (Å²) in [7, 11) is 0. The third-order valence-electron chi connectivity index (χ3n) is 1.68. The predicted molar refractivity (Wildman–Crippen MR) is 84.9 cm³/mol. The lowest BCUT2D eigenvalue weighted by Gasteiger charge is -2.06. The third kappa shape index (κ3) is 9.97. The first-order chi connectivity index (χ1) is 9.05. The molecule has 0 saturated heterocycles. The molecule has 0 unspecified atom stereocenters. The zero-order valence-electron chi connectivity index (χ0n) is 9.81. The molecule has 0 aromatic heterocycles. The molecule has 0 aliphatic carbocycles. The van der Waals surface area contributed by atoms with E-state index in [9.17, 15) is 9.59 Å². The number of carbonyl (C=O) groups is 2. The average Bonchev–Trinajstić information content (AvgIpc) is 2.29. The Morgan fingerprint density at radius 3 is 1.30 bits per heavy atom. The van der Waals surface area contributed by atoms with Gasteiger partial charge in [0, 0.05) is 37.6 Å². The highest BCUT2D eigenvalue weighted by Crippen LogP contribution is 2.27. The van der Waals surface area contributed by atoms with E-state index in [0.29, 0.717) is 13.1 Å². The van der Waals surface area contributed by atoms with Crippen LogP contribution in [0.3, 0.4) is 0 Å². The summed E-state index contributed by atoms with van der Waals surface area (Å²) in [6.07, 6.45) is 4.91. The highest BCUT2D eigenvalue weighted by molar-refractivity contribution is 6.77. The highest BCUT2D eigenvalue weighted by atomic mass is 35.6. The molecule has 20 heavy (non-hydrogen) atoms. The van der Waals surface area contributed by atoms with Crippen molar-refractivity contribution in [3.63, 3.8) is 0 Å². The molecule has 0 atom stereocenters. The standard InChI is InChI=1S/C10H10Cl6N2O2/c11-9(12,13)7(19)1-3-17-5-6-18-4-2-8(20)10(14,15)16/h1-4,17-18H,5-6H2. The molecule has 0 radical (unpaired) electrons. The predicted octanol–water partition coefficient (Wildman–Crippen LogP) is 3.07. The van der Waals surface area contributed by atoms with Gasteiger partial charge in [-0.1, -0.05) is 69.6 Å². The van der Waals surface area contributed by atoms with E-state index in [1.54, 1.807) is 0 Å². The van der Waals surface area contributed by atoms with Crippen LogP contribution in [-0.4, -0.2) is 32.2 Å². The summed E-state index contributed by atoms with van der Waals surface area (Å²) in [5, 5.41) is 5.54. The van der Waals surface area contributed by atoms with Gasteiger partial charge >= 0.3 is 0 Å². The van der Waals surface area contributed by atoms with E-state index in [-0.39, 0.29) is 0 Å². The molecule has 0 fully saturated rings. The van der Waals surface area contributed by atoms with Crippen molar-refractivity contribution in [1.82, 2.24) is 10.6 Å². The third-order valence-corrected chi connectivity index (χ3v) is 2.80. The maximum Gasteiger partial charge on any atom is 0.252 e. The Balaban J connectivity index is 3.80. The molecular formula is C10H10Cl6N2O2. The van der Waals surface area contributed by atoms with E-state index in [4.69, 9.17) is 69.6 Å². The first-order valence-electron chi connectivity index (χ1n) is 5.07. The number of allylic oxidation sites excluding steroid dienone is 2. The molecule has 0 aromatic rings. The van der Waals surface area contributed by atoms with Gasteiger partial charge in [0.05, 0.1) is 0 Å². The zero-order chi connectivity index (χ0) is 15.8. The number of halogens is 6. The topological polar surface area (TPSA) is 58.2 Å². The molecule has 114 valence electrons. The quantitative estimate of drug-likeness (QED) is 0.390. The highest BCUT2D eigenvalue weighted by Gasteiger charge is 2.28. The second-order valence-corrected chi connectivity index (χ2v) is 7.86. The Morgan fingerprint density at radius 1 is 0.750 bits per heavy atom. The molecule has 0 aliphatic heterocycles. The second-order valence-electron chi connectivity index (χ2n) is 3.30. The Kier molecular flexibility index (Phi) is 9.31. The van der Waals surface area contributed by atoms with Crippen LogP contribution < -0.4 is 10.6 Å². The first-order valence-corrected chi connectivity index (χ1v) is 7.34. The average molecular weight is 403 g/mol. The van der Waals surface area contributed by atoms with Gasteiger partial charge < -0.3 is 10.6 Å². The summed E-state index contributed by atoms with van der Waals surface area (Å²) < 4.78 is -3.92. The summed E-state index contributed by atoms with van der Waals surface area (Å²) in [4.78, 5) is 22.3. The van der Waals surface area contributed by atoms with Gasteiger partial charge in [-0.2, -0.15) is 0 Å². The maximum atomic E-state index is 11.1. The molecule has 0 aliphatic rings. The van der Waals surface area contributed by atoms with Gasteiger partial charge in [-0.3, -0.25) is 9.59 Å². The molecule has 0 amide bonds. The lowest BCUT2D eigenvalue weighted by molar-refractivity contribution is -0.114. The maximum absolute atomic E-state index is 11.1. The summed E-state index contributed by atoms with van der Waals surface area (Å²) in [5.41, 5.74) is 0. The van der Waals surface area contributed by atoms with Crippen molar-refractivity contribution in [2.75, 3.05) is 13.1 Å². The molecule has 0 saturated carbocycles. The Morgan fingerprint density at radius 2 is 1.05 bits per heavy atom. The van der Waals surface area contributed by atoms with Crippen molar-refractivity contribution in [2.24, 2.45) is 0 Å². The van der Waals surface area contributed by atoms with Crippen LogP contribution in [0.25, 0.3) is 0 Å². The van der Waals surface area contributed by atoms with Gasteiger partial charge in [-0.05, 0) is 0 Å². The molecule has 0 aromatic carbocycles. The lowest BCUT2D eigenvalue weighted by Crippen LogP contribution is -2.23. The van der Waals surface area contributed by atoms with Gasteiger partial charge in [-0.15, -0.1) is 0 Å². The van der Waals surface area contributed by atoms with Gasteiger partial charge in [0.2, 0.25) is 11.6 Å². The van der Waals surface area contributed by atoms with Crippen LogP contribution in [0.1, 0.15) is 0 Å². The van der Waals surface area contributed by atoms with Crippen LogP contribution in [0.5, 0.6) is 0 Å². The number of hydrogen-bond donors (Lipinski definition) is 2. The number of ketones is 2. The Bertz CT molecular complexity index is 360. The fourth-order valence-electron chi connectivity index (χ4n) is 0.769. The molecule has 2 N–H and O–H groups in total. The number of hydrogen-bond acceptors (Lipinski definition) is 4. The number of alkyl halides is 6.